The van der Waals surface area contributed by atoms with Gasteiger partial charge in [-0.15, -0.1) is 0 Å². The van der Waals surface area contributed by atoms with Crippen molar-refractivity contribution in [3.05, 3.63) is 23.8 Å². The molecule has 1 aliphatic carbocycles. The zero-order valence-electron chi connectivity index (χ0n) is 11.5. The Kier molecular flexibility index (Phi) is 3.53. The van der Waals surface area contributed by atoms with Gasteiger partial charge >= 0.3 is 0 Å². The third-order valence-corrected chi connectivity index (χ3v) is 4.13. The zero-order valence-corrected chi connectivity index (χ0v) is 11.5. The maximum atomic E-state index is 12.5. The van der Waals surface area contributed by atoms with Crippen molar-refractivity contribution in [2.75, 3.05) is 13.8 Å². The third-order valence-electron chi connectivity index (χ3n) is 4.13. The van der Waals surface area contributed by atoms with E-state index in [1.165, 1.54) is 0 Å². The minimum absolute atomic E-state index is 0.0887. The van der Waals surface area contributed by atoms with Crippen LogP contribution in [0.25, 0.3) is 0 Å². The molecule has 1 amide bonds. The van der Waals surface area contributed by atoms with Crippen LogP contribution < -0.4 is 9.47 Å². The average molecular weight is 277 g/mol. The second-order valence-corrected chi connectivity index (χ2v) is 5.40. The molecule has 2 unspecified atom stereocenters. The first-order valence-electron chi connectivity index (χ1n) is 7.01. The van der Waals surface area contributed by atoms with Crippen molar-refractivity contribution in [3.63, 3.8) is 0 Å². The molecule has 5 nitrogen and oxygen atoms in total. The maximum Gasteiger partial charge on any atom is 0.254 e. The summed E-state index contributed by atoms with van der Waals surface area (Å²) in [4.78, 5) is 14.2. The Morgan fingerprint density at radius 3 is 2.80 bits per heavy atom. The SMILES string of the molecule is CN(C(=O)c1ccc2c(c1)OCO2)C1CCCCC1O. The summed E-state index contributed by atoms with van der Waals surface area (Å²) < 4.78 is 10.5. The van der Waals surface area contributed by atoms with Crippen molar-refractivity contribution >= 4 is 5.91 Å². The number of hydrogen-bond donors (Lipinski definition) is 1. The van der Waals surface area contributed by atoms with Gasteiger partial charge < -0.3 is 19.5 Å². The minimum atomic E-state index is -0.424. The van der Waals surface area contributed by atoms with E-state index >= 15 is 0 Å². The number of nitrogens with zero attached hydrogens (tertiary/aromatic N) is 1. The number of likely N-dealkylation sites (N-methyl/N-ethyl adjacent to an activating group) is 1. The number of carbonyl (C=O) groups is 1. The highest BCUT2D eigenvalue weighted by molar-refractivity contribution is 5.95. The smallest absolute Gasteiger partial charge is 0.254 e. The first-order chi connectivity index (χ1) is 9.66. The van der Waals surface area contributed by atoms with Crippen molar-refractivity contribution in [2.45, 2.75) is 37.8 Å². The molecule has 1 aromatic carbocycles. The highest BCUT2D eigenvalue weighted by atomic mass is 16.7. The molecule has 5 heteroatoms. The van der Waals surface area contributed by atoms with Gasteiger partial charge in [0.25, 0.3) is 5.91 Å². The number of hydrogen-bond acceptors (Lipinski definition) is 4. The lowest BCUT2D eigenvalue weighted by molar-refractivity contribution is 0.0268. The molecule has 1 N–H and O–H groups in total. The van der Waals surface area contributed by atoms with E-state index in [-0.39, 0.29) is 18.7 Å². The Balaban J connectivity index is 1.77. The lowest BCUT2D eigenvalue weighted by atomic mass is 9.91. The van der Waals surface area contributed by atoms with Crippen molar-refractivity contribution in [1.82, 2.24) is 4.90 Å². The number of carbonyl (C=O) groups excluding carboxylic acids is 1. The number of fused-ring (bicyclic) bond motifs is 1. The molecule has 3 rings (SSSR count). The molecule has 108 valence electrons. The first-order valence-corrected chi connectivity index (χ1v) is 7.01. The van der Waals surface area contributed by atoms with Crippen LogP contribution in [-0.2, 0) is 0 Å². The van der Waals surface area contributed by atoms with Crippen LogP contribution in [0.2, 0.25) is 0 Å². The number of ether oxygens (including phenoxy) is 2. The van der Waals surface area contributed by atoms with Crippen LogP contribution in [0.4, 0.5) is 0 Å². The van der Waals surface area contributed by atoms with Gasteiger partial charge in [-0.25, -0.2) is 0 Å². The number of aliphatic hydroxyl groups is 1. The number of aliphatic hydroxyl groups excluding tert-OH is 1. The summed E-state index contributed by atoms with van der Waals surface area (Å²) in [6.07, 6.45) is 3.29. The standard InChI is InChI=1S/C15H19NO4/c1-16(11-4-2-3-5-12(11)17)15(18)10-6-7-13-14(8-10)20-9-19-13/h6-8,11-12,17H,2-5,9H2,1H3. The third kappa shape index (κ3) is 2.33. The Hall–Kier alpha value is -1.75. The van der Waals surface area contributed by atoms with Gasteiger partial charge in [-0.3, -0.25) is 4.79 Å². The monoisotopic (exact) mass is 277 g/mol. The molecule has 1 aliphatic heterocycles. The van der Waals surface area contributed by atoms with E-state index in [0.29, 0.717) is 17.1 Å². The van der Waals surface area contributed by atoms with Crippen LogP contribution in [-0.4, -0.2) is 41.9 Å². The molecule has 0 bridgehead atoms. The van der Waals surface area contributed by atoms with Gasteiger partial charge in [-0.05, 0) is 31.0 Å². The Labute approximate surface area is 118 Å². The largest absolute Gasteiger partial charge is 0.454 e. The van der Waals surface area contributed by atoms with Crippen LogP contribution in [0, 0.1) is 0 Å². The summed E-state index contributed by atoms with van der Waals surface area (Å²) >= 11 is 0. The predicted octanol–water partition coefficient (Wildman–Crippen LogP) is 1.79. The van der Waals surface area contributed by atoms with E-state index in [1.807, 2.05) is 0 Å². The molecule has 2 aliphatic rings. The summed E-state index contributed by atoms with van der Waals surface area (Å²) in [5.74, 6) is 1.18. The Bertz CT molecular complexity index is 517. The predicted molar refractivity (Wildman–Crippen MR) is 72.9 cm³/mol. The molecule has 1 saturated carbocycles. The summed E-state index contributed by atoms with van der Waals surface area (Å²) in [5.41, 5.74) is 0.564. The molecule has 1 heterocycles. The van der Waals surface area contributed by atoms with E-state index in [9.17, 15) is 9.90 Å². The number of amides is 1. The first kappa shape index (κ1) is 13.2. The quantitative estimate of drug-likeness (QED) is 0.895. The fourth-order valence-corrected chi connectivity index (χ4v) is 2.93. The van der Waals surface area contributed by atoms with E-state index < -0.39 is 6.10 Å². The second kappa shape index (κ2) is 5.32. The molecule has 0 spiro atoms. The van der Waals surface area contributed by atoms with Gasteiger partial charge in [0.15, 0.2) is 11.5 Å². The van der Waals surface area contributed by atoms with Crippen molar-refractivity contribution in [3.8, 4) is 11.5 Å². The normalized spacial score (nSPS) is 24.5. The maximum absolute atomic E-state index is 12.5. The lowest BCUT2D eigenvalue weighted by Gasteiger charge is -2.35. The van der Waals surface area contributed by atoms with Crippen molar-refractivity contribution in [1.29, 1.82) is 0 Å². The summed E-state index contributed by atoms with van der Waals surface area (Å²) in [5, 5.41) is 10.1. The van der Waals surface area contributed by atoms with Crippen LogP contribution in [0.15, 0.2) is 18.2 Å². The van der Waals surface area contributed by atoms with Crippen molar-refractivity contribution < 1.29 is 19.4 Å². The summed E-state index contributed by atoms with van der Waals surface area (Å²) in [6, 6.07) is 5.10. The molecule has 1 aromatic rings. The van der Waals surface area contributed by atoms with Crippen LogP contribution >= 0.6 is 0 Å². The molecule has 0 aromatic heterocycles. The molecule has 0 radical (unpaired) electrons. The van der Waals surface area contributed by atoms with E-state index in [0.717, 1.165) is 25.7 Å². The average Bonchev–Trinajstić information content (AvgIpc) is 2.93. The molecule has 20 heavy (non-hydrogen) atoms. The van der Waals surface area contributed by atoms with Crippen molar-refractivity contribution in [2.24, 2.45) is 0 Å². The fourth-order valence-electron chi connectivity index (χ4n) is 2.93. The molecule has 2 atom stereocenters. The van der Waals surface area contributed by atoms with Gasteiger partial charge in [0.2, 0.25) is 6.79 Å². The van der Waals surface area contributed by atoms with Gasteiger partial charge in [-0.2, -0.15) is 0 Å². The Morgan fingerprint density at radius 2 is 2.00 bits per heavy atom. The molecule has 1 fully saturated rings. The van der Waals surface area contributed by atoms with Crippen LogP contribution in [0.5, 0.6) is 11.5 Å². The second-order valence-electron chi connectivity index (χ2n) is 5.40. The number of benzene rings is 1. The highest BCUT2D eigenvalue weighted by Crippen LogP contribution is 2.33. The highest BCUT2D eigenvalue weighted by Gasteiger charge is 2.30. The van der Waals surface area contributed by atoms with Gasteiger partial charge in [0.05, 0.1) is 12.1 Å². The zero-order chi connectivity index (χ0) is 14.1. The fraction of sp³-hybridized carbons (Fsp3) is 0.533. The van der Waals surface area contributed by atoms with E-state index in [4.69, 9.17) is 9.47 Å². The topological polar surface area (TPSA) is 59.0 Å². The van der Waals surface area contributed by atoms with Gasteiger partial charge in [-0.1, -0.05) is 12.8 Å². The van der Waals surface area contributed by atoms with Gasteiger partial charge in [0, 0.05) is 12.6 Å². The van der Waals surface area contributed by atoms with E-state index in [1.54, 1.807) is 30.1 Å². The lowest BCUT2D eigenvalue weighted by Crippen LogP contribution is -2.46. The summed E-state index contributed by atoms with van der Waals surface area (Å²) in [7, 11) is 1.76. The Morgan fingerprint density at radius 1 is 1.25 bits per heavy atom. The molecular weight excluding hydrogens is 258 g/mol. The molecular formula is C15H19NO4. The van der Waals surface area contributed by atoms with E-state index in [2.05, 4.69) is 0 Å². The van der Waals surface area contributed by atoms with Crippen LogP contribution in [0.3, 0.4) is 0 Å². The number of rotatable bonds is 2. The minimum Gasteiger partial charge on any atom is -0.454 e. The van der Waals surface area contributed by atoms with Crippen LogP contribution in [0.1, 0.15) is 36.0 Å². The molecule has 0 saturated heterocycles. The van der Waals surface area contributed by atoms with Gasteiger partial charge in [0.1, 0.15) is 0 Å². The summed E-state index contributed by atoms with van der Waals surface area (Å²) in [6.45, 7) is 0.199.